The first kappa shape index (κ1) is 12.3. The van der Waals surface area contributed by atoms with Crippen LogP contribution in [0, 0.1) is 29.5 Å². The predicted molar refractivity (Wildman–Crippen MR) is 74.6 cm³/mol. The summed E-state index contributed by atoms with van der Waals surface area (Å²) in [5, 5.41) is 6.12. The van der Waals surface area contributed by atoms with Crippen molar-refractivity contribution in [2.75, 3.05) is 11.9 Å². The van der Waals surface area contributed by atoms with E-state index in [1.165, 1.54) is 31.4 Å². The summed E-state index contributed by atoms with van der Waals surface area (Å²) in [5.41, 5.74) is 0.521. The van der Waals surface area contributed by atoms with Gasteiger partial charge in [0.2, 0.25) is 5.91 Å². The van der Waals surface area contributed by atoms with Gasteiger partial charge in [-0.15, -0.1) is 0 Å². The van der Waals surface area contributed by atoms with Crippen LogP contribution in [-0.2, 0) is 4.79 Å². The summed E-state index contributed by atoms with van der Waals surface area (Å²) < 4.78 is 13.0. The van der Waals surface area contributed by atoms with Gasteiger partial charge in [0.05, 0.1) is 6.54 Å². The lowest BCUT2D eigenvalue weighted by Crippen LogP contribution is -2.32. The zero-order valence-corrected chi connectivity index (χ0v) is 11.3. The molecule has 4 heteroatoms. The standard InChI is InChI=1S/C16H19FN2O/c17-11-2-1-3-12(7-11)19-13(20)8-18-16-14-9-4-5-10(6-9)15(14)16/h1-3,7,9-10,14-16,18H,4-6,8H2,(H,19,20). The number of hydrogen-bond donors (Lipinski definition) is 2. The minimum absolute atomic E-state index is 0.0899. The second-order valence-electron chi connectivity index (χ2n) is 6.45. The van der Waals surface area contributed by atoms with E-state index < -0.39 is 0 Å². The lowest BCUT2D eigenvalue weighted by Gasteiger charge is -2.10. The van der Waals surface area contributed by atoms with Gasteiger partial charge in [0.25, 0.3) is 0 Å². The predicted octanol–water partition coefficient (Wildman–Crippen LogP) is 2.40. The molecule has 1 amide bonds. The maximum Gasteiger partial charge on any atom is 0.238 e. The van der Waals surface area contributed by atoms with Crippen LogP contribution < -0.4 is 10.6 Å². The van der Waals surface area contributed by atoms with E-state index in [-0.39, 0.29) is 11.7 Å². The van der Waals surface area contributed by atoms with Crippen LogP contribution in [0.15, 0.2) is 24.3 Å². The fraction of sp³-hybridized carbons (Fsp3) is 0.562. The summed E-state index contributed by atoms with van der Waals surface area (Å²) in [4.78, 5) is 11.9. The minimum Gasteiger partial charge on any atom is -0.325 e. The number of halogens is 1. The number of rotatable bonds is 4. The molecule has 0 radical (unpaired) electrons. The van der Waals surface area contributed by atoms with Gasteiger partial charge in [0.1, 0.15) is 5.82 Å². The van der Waals surface area contributed by atoms with Crippen LogP contribution in [-0.4, -0.2) is 18.5 Å². The maximum absolute atomic E-state index is 13.0. The molecular weight excluding hydrogens is 255 g/mol. The van der Waals surface area contributed by atoms with Crippen molar-refractivity contribution >= 4 is 11.6 Å². The van der Waals surface area contributed by atoms with Crippen LogP contribution in [0.4, 0.5) is 10.1 Å². The summed E-state index contributed by atoms with van der Waals surface area (Å²) in [6.45, 7) is 0.327. The van der Waals surface area contributed by atoms with Crippen LogP contribution >= 0.6 is 0 Å². The molecule has 20 heavy (non-hydrogen) atoms. The maximum atomic E-state index is 13.0. The number of carbonyl (C=O) groups excluding carboxylic acids is 1. The van der Waals surface area contributed by atoms with E-state index in [0.29, 0.717) is 18.3 Å². The van der Waals surface area contributed by atoms with E-state index in [9.17, 15) is 9.18 Å². The Balaban J connectivity index is 1.27. The summed E-state index contributed by atoms with van der Waals surface area (Å²) in [7, 11) is 0. The average molecular weight is 274 g/mol. The van der Waals surface area contributed by atoms with Crippen molar-refractivity contribution in [2.45, 2.75) is 25.3 Å². The highest BCUT2D eigenvalue weighted by molar-refractivity contribution is 5.92. The first-order valence-electron chi connectivity index (χ1n) is 7.51. The fourth-order valence-electron chi connectivity index (χ4n) is 4.58. The van der Waals surface area contributed by atoms with Crippen molar-refractivity contribution in [3.63, 3.8) is 0 Å². The van der Waals surface area contributed by atoms with Crippen LogP contribution in [0.2, 0.25) is 0 Å². The number of nitrogens with one attached hydrogen (secondary N) is 2. The van der Waals surface area contributed by atoms with E-state index in [2.05, 4.69) is 10.6 Å². The molecule has 0 heterocycles. The second-order valence-corrected chi connectivity index (χ2v) is 6.45. The van der Waals surface area contributed by atoms with Crippen molar-refractivity contribution in [2.24, 2.45) is 23.7 Å². The Morgan fingerprint density at radius 2 is 2.00 bits per heavy atom. The molecule has 2 bridgehead atoms. The lowest BCUT2D eigenvalue weighted by atomic mass is 10.0. The van der Waals surface area contributed by atoms with Crippen molar-refractivity contribution in [3.05, 3.63) is 30.1 Å². The Bertz CT molecular complexity index is 531. The molecule has 3 fully saturated rings. The van der Waals surface area contributed by atoms with Crippen LogP contribution in [0.25, 0.3) is 0 Å². The second kappa shape index (κ2) is 4.55. The first-order chi connectivity index (χ1) is 9.72. The molecule has 2 N–H and O–H groups in total. The van der Waals surface area contributed by atoms with Crippen molar-refractivity contribution in [1.82, 2.24) is 5.32 Å². The SMILES string of the molecule is O=C(CNC1C2C3CCC(C3)C12)Nc1cccc(F)c1. The van der Waals surface area contributed by atoms with Crippen molar-refractivity contribution < 1.29 is 9.18 Å². The van der Waals surface area contributed by atoms with Gasteiger partial charge in [-0.05, 0) is 61.1 Å². The van der Waals surface area contributed by atoms with E-state index in [1.807, 2.05) is 0 Å². The normalized spacial score (nSPS) is 36.8. The largest absolute Gasteiger partial charge is 0.325 e. The summed E-state index contributed by atoms with van der Waals surface area (Å²) >= 11 is 0. The summed E-state index contributed by atoms with van der Waals surface area (Å²) in [6.07, 6.45) is 4.20. The van der Waals surface area contributed by atoms with Crippen LogP contribution in [0.1, 0.15) is 19.3 Å². The molecule has 3 aliphatic carbocycles. The molecule has 3 nitrogen and oxygen atoms in total. The average Bonchev–Trinajstić information content (AvgIpc) is 2.80. The van der Waals surface area contributed by atoms with Gasteiger partial charge in [-0.25, -0.2) is 4.39 Å². The third-order valence-corrected chi connectivity index (χ3v) is 5.34. The Hall–Kier alpha value is -1.42. The topological polar surface area (TPSA) is 41.1 Å². The molecule has 4 unspecified atom stereocenters. The van der Waals surface area contributed by atoms with Gasteiger partial charge in [0, 0.05) is 11.7 Å². The minimum atomic E-state index is -0.330. The molecule has 3 saturated carbocycles. The highest BCUT2D eigenvalue weighted by Crippen LogP contribution is 2.65. The van der Waals surface area contributed by atoms with Gasteiger partial charge in [-0.2, -0.15) is 0 Å². The molecular formula is C16H19FN2O. The summed E-state index contributed by atoms with van der Waals surface area (Å²) in [5.74, 6) is 3.06. The number of fused-ring (bicyclic) bond motifs is 5. The number of benzene rings is 1. The third kappa shape index (κ3) is 2.03. The highest BCUT2D eigenvalue weighted by atomic mass is 19.1. The van der Waals surface area contributed by atoms with Gasteiger partial charge in [-0.1, -0.05) is 6.07 Å². The van der Waals surface area contributed by atoms with E-state index in [4.69, 9.17) is 0 Å². The number of carbonyl (C=O) groups is 1. The Labute approximate surface area is 117 Å². The molecule has 0 aliphatic heterocycles. The highest BCUT2D eigenvalue weighted by Gasteiger charge is 2.64. The third-order valence-electron chi connectivity index (χ3n) is 5.34. The number of amides is 1. The van der Waals surface area contributed by atoms with Crippen molar-refractivity contribution in [1.29, 1.82) is 0 Å². The van der Waals surface area contributed by atoms with Crippen LogP contribution in [0.5, 0.6) is 0 Å². The molecule has 1 aromatic carbocycles. The summed E-state index contributed by atoms with van der Waals surface area (Å²) in [6, 6.07) is 6.56. The zero-order valence-electron chi connectivity index (χ0n) is 11.3. The van der Waals surface area contributed by atoms with Gasteiger partial charge >= 0.3 is 0 Å². The number of anilines is 1. The van der Waals surface area contributed by atoms with E-state index in [1.54, 1.807) is 12.1 Å². The Morgan fingerprint density at radius 3 is 2.70 bits per heavy atom. The van der Waals surface area contributed by atoms with E-state index in [0.717, 1.165) is 23.7 Å². The molecule has 0 spiro atoms. The van der Waals surface area contributed by atoms with E-state index >= 15 is 0 Å². The smallest absolute Gasteiger partial charge is 0.238 e. The molecule has 4 atom stereocenters. The first-order valence-corrected chi connectivity index (χ1v) is 7.51. The lowest BCUT2D eigenvalue weighted by molar-refractivity contribution is -0.115. The molecule has 4 rings (SSSR count). The number of hydrogen-bond acceptors (Lipinski definition) is 2. The fourth-order valence-corrected chi connectivity index (χ4v) is 4.58. The molecule has 106 valence electrons. The molecule has 0 aromatic heterocycles. The van der Waals surface area contributed by atoms with Gasteiger partial charge < -0.3 is 10.6 Å². The van der Waals surface area contributed by atoms with Gasteiger partial charge in [-0.3, -0.25) is 4.79 Å². The van der Waals surface area contributed by atoms with Crippen molar-refractivity contribution in [3.8, 4) is 0 Å². The monoisotopic (exact) mass is 274 g/mol. The Morgan fingerprint density at radius 1 is 1.25 bits per heavy atom. The van der Waals surface area contributed by atoms with Gasteiger partial charge in [0.15, 0.2) is 0 Å². The zero-order chi connectivity index (χ0) is 13.7. The van der Waals surface area contributed by atoms with Crippen LogP contribution in [0.3, 0.4) is 0 Å². The molecule has 3 aliphatic rings. The molecule has 1 aromatic rings. The Kier molecular flexibility index (Phi) is 2.81. The quantitative estimate of drug-likeness (QED) is 0.885. The molecule has 0 saturated heterocycles.